The summed E-state index contributed by atoms with van der Waals surface area (Å²) in [5, 5.41) is 7.08. The second-order valence-electron chi connectivity index (χ2n) is 6.67. The van der Waals surface area contributed by atoms with Gasteiger partial charge >= 0.3 is 0 Å². The molecule has 0 bridgehead atoms. The lowest BCUT2D eigenvalue weighted by Crippen LogP contribution is -2.10. The number of fused-ring (bicyclic) bond motifs is 3. The van der Waals surface area contributed by atoms with Gasteiger partial charge in [-0.2, -0.15) is 0 Å². The van der Waals surface area contributed by atoms with Crippen molar-refractivity contribution >= 4 is 33.2 Å². The van der Waals surface area contributed by atoms with Crippen LogP contribution in [0.15, 0.2) is 101 Å². The minimum atomic E-state index is 0.379. The molecule has 5 rings (SSSR count). The second-order valence-corrected chi connectivity index (χ2v) is 6.67. The molecule has 0 saturated heterocycles. The normalized spacial score (nSPS) is 11.8. The Balaban J connectivity index is 1.79. The number of nitrogen functional groups attached to an aromatic ring is 1. The van der Waals surface area contributed by atoms with Gasteiger partial charge in [-0.25, -0.2) is 4.98 Å². The standard InChI is InChI=1S/C24H18N4O/c25-23-22-19(15-20(26-23)16-9-3-1-4-10-16)18-13-7-8-14-21(18)29-24(22)28-27-17-11-5-2-6-12-17/h1-15,27H,(H2,25,26)/b28-24+. The van der Waals surface area contributed by atoms with Crippen molar-refractivity contribution in [3.8, 4) is 11.3 Å². The maximum absolute atomic E-state index is 6.40. The Hall–Kier alpha value is -4.12. The summed E-state index contributed by atoms with van der Waals surface area (Å²) < 4.78 is 6.07. The molecule has 0 atom stereocenters. The number of nitrogens with two attached hydrogens (primary N) is 1. The summed E-state index contributed by atoms with van der Waals surface area (Å²) in [7, 11) is 0. The van der Waals surface area contributed by atoms with Crippen LogP contribution in [0.2, 0.25) is 0 Å². The molecule has 0 aliphatic heterocycles. The Labute approximate surface area is 167 Å². The SMILES string of the molecule is Nc1nc(-c2ccccc2)cc2c1/c(=N\Nc1ccccc1)oc1ccccc12. The highest BCUT2D eigenvalue weighted by Crippen LogP contribution is 2.29. The van der Waals surface area contributed by atoms with Crippen LogP contribution in [0.5, 0.6) is 0 Å². The molecule has 2 heterocycles. The number of hydrogen-bond acceptors (Lipinski definition) is 5. The molecule has 0 fully saturated rings. The number of nitrogens with one attached hydrogen (secondary N) is 1. The first-order valence-electron chi connectivity index (χ1n) is 9.32. The third kappa shape index (κ3) is 3.19. The van der Waals surface area contributed by atoms with Gasteiger partial charge in [0, 0.05) is 16.3 Å². The first kappa shape index (κ1) is 17.0. The zero-order chi connectivity index (χ0) is 19.6. The molecule has 0 aliphatic carbocycles. The van der Waals surface area contributed by atoms with Crippen molar-refractivity contribution in [1.29, 1.82) is 0 Å². The van der Waals surface area contributed by atoms with E-state index in [1.165, 1.54) is 0 Å². The van der Waals surface area contributed by atoms with Gasteiger partial charge in [0.2, 0.25) is 5.55 Å². The molecule has 0 aliphatic rings. The van der Waals surface area contributed by atoms with Crippen LogP contribution in [-0.2, 0) is 0 Å². The molecular weight excluding hydrogens is 360 g/mol. The fourth-order valence-electron chi connectivity index (χ4n) is 3.40. The van der Waals surface area contributed by atoms with Crippen molar-refractivity contribution in [3.05, 3.63) is 96.5 Å². The Kier molecular flexibility index (Phi) is 4.18. The van der Waals surface area contributed by atoms with E-state index in [9.17, 15) is 0 Å². The average molecular weight is 378 g/mol. The minimum Gasteiger partial charge on any atom is -0.436 e. The van der Waals surface area contributed by atoms with Gasteiger partial charge < -0.3 is 10.2 Å². The van der Waals surface area contributed by atoms with Gasteiger partial charge in [-0.15, -0.1) is 5.10 Å². The zero-order valence-corrected chi connectivity index (χ0v) is 15.5. The van der Waals surface area contributed by atoms with Crippen LogP contribution in [0.3, 0.4) is 0 Å². The van der Waals surface area contributed by atoms with Crippen molar-refractivity contribution < 1.29 is 4.42 Å². The number of pyridine rings is 1. The minimum absolute atomic E-state index is 0.379. The molecule has 2 aromatic heterocycles. The average Bonchev–Trinajstić information content (AvgIpc) is 2.78. The third-order valence-electron chi connectivity index (χ3n) is 4.78. The van der Waals surface area contributed by atoms with Gasteiger partial charge in [-0.05, 0) is 24.3 Å². The van der Waals surface area contributed by atoms with E-state index >= 15 is 0 Å². The van der Waals surface area contributed by atoms with E-state index in [1.54, 1.807) is 0 Å². The monoisotopic (exact) mass is 378 g/mol. The smallest absolute Gasteiger partial charge is 0.248 e. The highest BCUT2D eigenvalue weighted by atomic mass is 16.3. The highest BCUT2D eigenvalue weighted by Gasteiger charge is 2.13. The maximum atomic E-state index is 6.40. The summed E-state index contributed by atoms with van der Waals surface area (Å²) in [6.45, 7) is 0. The van der Waals surface area contributed by atoms with Crippen LogP contribution in [0.1, 0.15) is 0 Å². The molecule has 29 heavy (non-hydrogen) atoms. The molecular formula is C24H18N4O. The van der Waals surface area contributed by atoms with Crippen molar-refractivity contribution in [1.82, 2.24) is 4.98 Å². The lowest BCUT2D eigenvalue weighted by Gasteiger charge is -2.09. The molecule has 0 radical (unpaired) electrons. The van der Waals surface area contributed by atoms with E-state index in [-0.39, 0.29) is 0 Å². The Bertz CT molecular complexity index is 1380. The summed E-state index contributed by atoms with van der Waals surface area (Å²) in [6, 6.07) is 29.6. The van der Waals surface area contributed by atoms with E-state index in [2.05, 4.69) is 15.5 Å². The molecule has 5 aromatic rings. The van der Waals surface area contributed by atoms with Crippen LogP contribution in [0, 0.1) is 0 Å². The largest absolute Gasteiger partial charge is 0.436 e. The number of nitrogens with zero attached hydrogens (tertiary/aromatic N) is 2. The van der Waals surface area contributed by atoms with E-state index in [0.29, 0.717) is 16.8 Å². The van der Waals surface area contributed by atoms with Crippen LogP contribution in [-0.4, -0.2) is 4.98 Å². The van der Waals surface area contributed by atoms with Crippen molar-refractivity contribution in [2.45, 2.75) is 0 Å². The topological polar surface area (TPSA) is 76.4 Å². The zero-order valence-electron chi connectivity index (χ0n) is 15.5. The predicted octanol–water partition coefficient (Wildman–Crippen LogP) is 5.16. The van der Waals surface area contributed by atoms with Gasteiger partial charge in [-0.1, -0.05) is 66.7 Å². The predicted molar refractivity (Wildman–Crippen MR) is 117 cm³/mol. The van der Waals surface area contributed by atoms with Gasteiger partial charge in [0.1, 0.15) is 11.4 Å². The van der Waals surface area contributed by atoms with Crippen LogP contribution in [0.4, 0.5) is 11.5 Å². The maximum Gasteiger partial charge on any atom is 0.248 e. The Morgan fingerprint density at radius 1 is 0.793 bits per heavy atom. The fourth-order valence-corrected chi connectivity index (χ4v) is 3.40. The Morgan fingerprint density at radius 2 is 1.48 bits per heavy atom. The molecule has 3 N–H and O–H groups in total. The summed E-state index contributed by atoms with van der Waals surface area (Å²) in [6.07, 6.45) is 0. The number of anilines is 2. The van der Waals surface area contributed by atoms with E-state index in [1.807, 2.05) is 91.0 Å². The van der Waals surface area contributed by atoms with Crippen LogP contribution in [0.25, 0.3) is 33.0 Å². The summed E-state index contributed by atoms with van der Waals surface area (Å²) in [5.41, 5.74) is 13.2. The summed E-state index contributed by atoms with van der Waals surface area (Å²) >= 11 is 0. The van der Waals surface area contributed by atoms with E-state index < -0.39 is 0 Å². The molecule has 0 spiro atoms. The number of rotatable bonds is 3. The lowest BCUT2D eigenvalue weighted by atomic mass is 10.0. The molecule has 5 heteroatoms. The van der Waals surface area contributed by atoms with Gasteiger partial charge in [0.15, 0.2) is 0 Å². The van der Waals surface area contributed by atoms with Crippen LogP contribution < -0.4 is 16.7 Å². The molecule has 5 nitrogen and oxygen atoms in total. The fraction of sp³-hybridized carbons (Fsp3) is 0. The Morgan fingerprint density at radius 3 is 2.28 bits per heavy atom. The van der Waals surface area contributed by atoms with E-state index in [4.69, 9.17) is 10.2 Å². The van der Waals surface area contributed by atoms with Gasteiger partial charge in [0.25, 0.3) is 0 Å². The van der Waals surface area contributed by atoms with Crippen molar-refractivity contribution in [2.75, 3.05) is 11.2 Å². The van der Waals surface area contributed by atoms with Gasteiger partial charge in [-0.3, -0.25) is 5.43 Å². The van der Waals surface area contributed by atoms with Gasteiger partial charge in [0.05, 0.1) is 16.8 Å². The highest BCUT2D eigenvalue weighted by molar-refractivity contribution is 6.08. The summed E-state index contributed by atoms with van der Waals surface area (Å²) in [5.74, 6) is 0.379. The molecule has 3 aromatic carbocycles. The third-order valence-corrected chi connectivity index (χ3v) is 4.78. The molecule has 140 valence electrons. The quantitative estimate of drug-likeness (QED) is 0.336. The lowest BCUT2D eigenvalue weighted by molar-refractivity contribution is 0.550. The number of hydrogen-bond donors (Lipinski definition) is 2. The van der Waals surface area contributed by atoms with E-state index in [0.717, 1.165) is 33.3 Å². The first-order valence-corrected chi connectivity index (χ1v) is 9.32. The molecule has 0 amide bonds. The number of benzene rings is 3. The second kappa shape index (κ2) is 7.13. The molecule has 0 unspecified atom stereocenters. The van der Waals surface area contributed by atoms with Crippen molar-refractivity contribution in [3.63, 3.8) is 0 Å². The number of para-hydroxylation sites is 2. The number of aromatic nitrogens is 1. The molecule has 0 saturated carbocycles. The first-order chi connectivity index (χ1) is 14.3. The van der Waals surface area contributed by atoms with Crippen molar-refractivity contribution in [2.24, 2.45) is 5.10 Å². The summed E-state index contributed by atoms with van der Waals surface area (Å²) in [4.78, 5) is 4.62. The van der Waals surface area contributed by atoms with Crippen LogP contribution >= 0.6 is 0 Å².